The lowest BCUT2D eigenvalue weighted by atomic mass is 10.2. The second-order valence-electron chi connectivity index (χ2n) is 4.65. The van der Waals surface area contributed by atoms with E-state index >= 15 is 0 Å². The lowest BCUT2D eigenvalue weighted by Gasteiger charge is -2.18. The zero-order valence-electron chi connectivity index (χ0n) is 11.9. The third kappa shape index (κ3) is 3.43. The molecule has 2 N–H and O–H groups in total. The highest BCUT2D eigenvalue weighted by Gasteiger charge is 2.16. The molecule has 21 heavy (non-hydrogen) atoms. The van der Waals surface area contributed by atoms with Crippen molar-refractivity contribution in [2.75, 3.05) is 19.5 Å². The maximum Gasteiger partial charge on any atom is 0.262 e. The number of amides is 1. The molecule has 0 radical (unpaired) electrons. The van der Waals surface area contributed by atoms with Gasteiger partial charge in [-0.2, -0.15) is 0 Å². The first-order chi connectivity index (χ1) is 10.0. The second kappa shape index (κ2) is 6.73. The van der Waals surface area contributed by atoms with E-state index in [0.29, 0.717) is 22.7 Å². The number of thioether (sulfide) groups is 1. The highest BCUT2D eigenvalue weighted by atomic mass is 32.2. The van der Waals surface area contributed by atoms with E-state index in [2.05, 4.69) is 4.98 Å². The van der Waals surface area contributed by atoms with Gasteiger partial charge < -0.3 is 10.5 Å². The molecule has 0 spiro atoms. The summed E-state index contributed by atoms with van der Waals surface area (Å²) in [4.78, 5) is 28.1. The van der Waals surface area contributed by atoms with Crippen molar-refractivity contribution in [3.05, 3.63) is 34.6 Å². The minimum atomic E-state index is -0.451. The van der Waals surface area contributed by atoms with Crippen molar-refractivity contribution in [3.63, 3.8) is 0 Å². The van der Waals surface area contributed by atoms with Crippen LogP contribution in [0.4, 0.5) is 0 Å². The van der Waals surface area contributed by atoms with Crippen molar-refractivity contribution < 1.29 is 9.53 Å². The molecule has 1 aromatic carbocycles. The molecule has 6 nitrogen and oxygen atoms in total. The van der Waals surface area contributed by atoms with E-state index in [-0.39, 0.29) is 17.4 Å². The molecule has 1 amide bonds. The van der Waals surface area contributed by atoms with Gasteiger partial charge in [0.15, 0.2) is 5.16 Å². The van der Waals surface area contributed by atoms with Gasteiger partial charge in [-0.25, -0.2) is 4.98 Å². The average molecular weight is 307 g/mol. The van der Waals surface area contributed by atoms with E-state index in [4.69, 9.17) is 10.5 Å². The maximum atomic E-state index is 12.6. The standard InChI is InChI=1S/C14H17N3O3S/c1-9(7-20-2)17-13(19)10-5-3-4-6-11(10)16-14(17)21-8-12(15)18/h3-6,9H,7-8H2,1-2H3,(H2,15,18)/t9-/m1/s1. The van der Waals surface area contributed by atoms with Gasteiger partial charge >= 0.3 is 0 Å². The molecule has 0 aliphatic carbocycles. The van der Waals surface area contributed by atoms with Crippen LogP contribution in [0.25, 0.3) is 10.9 Å². The van der Waals surface area contributed by atoms with Gasteiger partial charge in [0.05, 0.1) is 29.3 Å². The lowest BCUT2D eigenvalue weighted by Crippen LogP contribution is -2.29. The molecule has 0 unspecified atom stereocenters. The van der Waals surface area contributed by atoms with Gasteiger partial charge in [-0.1, -0.05) is 23.9 Å². The summed E-state index contributed by atoms with van der Waals surface area (Å²) in [7, 11) is 1.58. The minimum absolute atomic E-state index is 0.0739. The Hall–Kier alpha value is -1.86. The summed E-state index contributed by atoms with van der Waals surface area (Å²) >= 11 is 1.16. The fourth-order valence-corrected chi connectivity index (χ4v) is 2.90. The fourth-order valence-electron chi connectivity index (χ4n) is 2.07. The molecule has 1 atom stereocenters. The molecule has 112 valence electrons. The first-order valence-electron chi connectivity index (χ1n) is 6.46. The summed E-state index contributed by atoms with van der Waals surface area (Å²) in [6, 6.07) is 6.95. The van der Waals surface area contributed by atoms with Gasteiger partial charge in [-0.15, -0.1) is 0 Å². The lowest BCUT2D eigenvalue weighted by molar-refractivity contribution is -0.115. The minimum Gasteiger partial charge on any atom is -0.383 e. The van der Waals surface area contributed by atoms with Crippen LogP contribution in [-0.2, 0) is 9.53 Å². The fraction of sp³-hybridized carbons (Fsp3) is 0.357. The summed E-state index contributed by atoms with van der Waals surface area (Å²) in [5.41, 5.74) is 5.64. The maximum absolute atomic E-state index is 12.6. The van der Waals surface area contributed by atoms with Gasteiger partial charge in [-0.05, 0) is 19.1 Å². The number of aromatic nitrogens is 2. The number of nitrogens with zero attached hydrogens (tertiary/aromatic N) is 2. The van der Waals surface area contributed by atoms with Gasteiger partial charge in [0.2, 0.25) is 5.91 Å². The Bertz CT molecular complexity index is 714. The first-order valence-corrected chi connectivity index (χ1v) is 7.44. The molecule has 0 bridgehead atoms. The van der Waals surface area contributed by atoms with Crippen LogP contribution in [0, 0.1) is 0 Å². The van der Waals surface area contributed by atoms with E-state index in [1.54, 1.807) is 29.9 Å². The number of para-hydroxylation sites is 1. The molecule has 2 aromatic rings. The summed E-state index contributed by atoms with van der Waals surface area (Å²) in [6.07, 6.45) is 0. The Morgan fingerprint density at radius 2 is 2.19 bits per heavy atom. The van der Waals surface area contributed by atoms with Crippen LogP contribution in [0.2, 0.25) is 0 Å². The molecule has 7 heteroatoms. The molecule has 0 aliphatic rings. The number of primary amides is 1. The number of fused-ring (bicyclic) bond motifs is 1. The number of hydrogen-bond acceptors (Lipinski definition) is 5. The number of methoxy groups -OCH3 is 1. The zero-order chi connectivity index (χ0) is 15.4. The number of carbonyl (C=O) groups is 1. The summed E-state index contributed by atoms with van der Waals surface area (Å²) < 4.78 is 6.67. The van der Waals surface area contributed by atoms with E-state index in [9.17, 15) is 9.59 Å². The molecule has 2 rings (SSSR count). The third-order valence-electron chi connectivity index (χ3n) is 2.97. The van der Waals surface area contributed by atoms with Crippen LogP contribution in [-0.4, -0.2) is 34.9 Å². The van der Waals surface area contributed by atoms with E-state index in [1.807, 2.05) is 13.0 Å². The van der Waals surface area contributed by atoms with Crippen LogP contribution in [0.1, 0.15) is 13.0 Å². The number of benzene rings is 1. The Morgan fingerprint density at radius 1 is 1.48 bits per heavy atom. The molecule has 0 fully saturated rings. The van der Waals surface area contributed by atoms with Crippen LogP contribution >= 0.6 is 11.8 Å². The Balaban J connectivity index is 2.59. The quantitative estimate of drug-likeness (QED) is 0.639. The molecule has 1 aromatic heterocycles. The smallest absolute Gasteiger partial charge is 0.262 e. The van der Waals surface area contributed by atoms with Crippen LogP contribution in [0.15, 0.2) is 34.2 Å². The Labute approximate surface area is 126 Å². The van der Waals surface area contributed by atoms with Crippen LogP contribution in [0.3, 0.4) is 0 Å². The topological polar surface area (TPSA) is 87.2 Å². The summed E-state index contributed by atoms with van der Waals surface area (Å²) in [5, 5.41) is 1.02. The Kier molecular flexibility index (Phi) is 4.98. The normalized spacial score (nSPS) is 12.5. The summed E-state index contributed by atoms with van der Waals surface area (Å²) in [5.74, 6) is -0.377. The van der Waals surface area contributed by atoms with Crippen molar-refractivity contribution in [1.29, 1.82) is 0 Å². The molecular formula is C14H17N3O3S. The highest BCUT2D eigenvalue weighted by Crippen LogP contribution is 2.20. The SMILES string of the molecule is COC[C@@H](C)n1c(SCC(N)=O)nc2ccccc2c1=O. The van der Waals surface area contributed by atoms with Crippen LogP contribution in [0.5, 0.6) is 0 Å². The van der Waals surface area contributed by atoms with Crippen molar-refractivity contribution in [2.45, 2.75) is 18.1 Å². The molecule has 0 aliphatic heterocycles. The van der Waals surface area contributed by atoms with E-state index < -0.39 is 5.91 Å². The third-order valence-corrected chi connectivity index (χ3v) is 3.94. The number of carbonyl (C=O) groups excluding carboxylic acids is 1. The predicted molar refractivity (Wildman–Crippen MR) is 82.5 cm³/mol. The van der Waals surface area contributed by atoms with Gasteiger partial charge in [0.25, 0.3) is 5.56 Å². The van der Waals surface area contributed by atoms with Crippen LogP contribution < -0.4 is 11.3 Å². The predicted octanol–water partition coefficient (Wildman–Crippen LogP) is 1.18. The first kappa shape index (κ1) is 15.5. The highest BCUT2D eigenvalue weighted by molar-refractivity contribution is 7.99. The number of rotatable bonds is 6. The van der Waals surface area contributed by atoms with Gasteiger partial charge in [-0.3, -0.25) is 14.2 Å². The van der Waals surface area contributed by atoms with Gasteiger partial charge in [0, 0.05) is 7.11 Å². The number of nitrogens with two attached hydrogens (primary N) is 1. The van der Waals surface area contributed by atoms with Crippen molar-refractivity contribution >= 4 is 28.6 Å². The molecule has 0 saturated heterocycles. The Morgan fingerprint density at radius 3 is 2.86 bits per heavy atom. The monoisotopic (exact) mass is 307 g/mol. The summed E-state index contributed by atoms with van der Waals surface area (Å²) in [6.45, 7) is 2.25. The largest absolute Gasteiger partial charge is 0.383 e. The van der Waals surface area contributed by atoms with Crippen molar-refractivity contribution in [2.24, 2.45) is 5.73 Å². The number of hydrogen-bond donors (Lipinski definition) is 1. The molecule has 0 saturated carbocycles. The van der Waals surface area contributed by atoms with Crippen molar-refractivity contribution in [1.82, 2.24) is 9.55 Å². The number of ether oxygens (including phenoxy) is 1. The average Bonchev–Trinajstić information content (AvgIpc) is 2.45. The van der Waals surface area contributed by atoms with Crippen molar-refractivity contribution in [3.8, 4) is 0 Å². The van der Waals surface area contributed by atoms with Gasteiger partial charge in [0.1, 0.15) is 0 Å². The van der Waals surface area contributed by atoms with E-state index in [1.165, 1.54) is 0 Å². The second-order valence-corrected chi connectivity index (χ2v) is 5.59. The molecular weight excluding hydrogens is 290 g/mol. The molecule has 1 heterocycles. The van der Waals surface area contributed by atoms with E-state index in [0.717, 1.165) is 11.8 Å². The zero-order valence-corrected chi connectivity index (χ0v) is 12.7.